The van der Waals surface area contributed by atoms with Gasteiger partial charge >= 0.3 is 0 Å². The fraction of sp³-hybridized carbons (Fsp3) is 0.562. The number of hydrogen-bond acceptors (Lipinski definition) is 2. The quantitative estimate of drug-likeness (QED) is 0.899. The monoisotopic (exact) mass is 259 g/mol. The summed E-state index contributed by atoms with van der Waals surface area (Å²) in [6, 6.07) is 7.63. The Bertz CT molecular complexity index is 454. The minimum absolute atomic E-state index is 0.205. The molecule has 3 rings (SSSR count). The Morgan fingerprint density at radius 3 is 2.63 bits per heavy atom. The number of rotatable bonds is 4. The summed E-state index contributed by atoms with van der Waals surface area (Å²) in [4.78, 5) is 12.3. The number of nitrogens with one attached hydrogen (secondary N) is 1. The van der Waals surface area contributed by atoms with E-state index in [0.29, 0.717) is 12.5 Å². The van der Waals surface area contributed by atoms with Crippen LogP contribution in [0.2, 0.25) is 0 Å². The van der Waals surface area contributed by atoms with E-state index in [9.17, 15) is 4.79 Å². The molecule has 0 aliphatic heterocycles. The zero-order valence-corrected chi connectivity index (χ0v) is 11.4. The number of carbonyl (C=O) groups is 1. The highest BCUT2D eigenvalue weighted by atomic mass is 16.5. The van der Waals surface area contributed by atoms with Gasteiger partial charge in [0.15, 0.2) is 0 Å². The molecule has 1 amide bonds. The summed E-state index contributed by atoms with van der Waals surface area (Å²) in [6.07, 6.45) is 4.93. The van der Waals surface area contributed by atoms with Crippen LogP contribution in [0.4, 0.5) is 5.69 Å². The lowest BCUT2D eigenvalue weighted by Gasteiger charge is -2.20. The van der Waals surface area contributed by atoms with Crippen molar-refractivity contribution in [2.24, 2.45) is 17.8 Å². The van der Waals surface area contributed by atoms with Gasteiger partial charge in [0.2, 0.25) is 5.91 Å². The van der Waals surface area contributed by atoms with Gasteiger partial charge in [-0.25, -0.2) is 0 Å². The van der Waals surface area contributed by atoms with Crippen molar-refractivity contribution in [2.45, 2.75) is 32.6 Å². The molecule has 3 heteroatoms. The Labute approximate surface area is 114 Å². The number of amides is 1. The molecular formula is C16H21NO2. The van der Waals surface area contributed by atoms with Crippen LogP contribution in [0, 0.1) is 17.8 Å². The smallest absolute Gasteiger partial charge is 0.227 e. The molecule has 0 radical (unpaired) electrons. The van der Waals surface area contributed by atoms with Gasteiger partial charge in [-0.15, -0.1) is 0 Å². The molecule has 3 atom stereocenters. The van der Waals surface area contributed by atoms with Crippen LogP contribution in [0.1, 0.15) is 32.6 Å². The van der Waals surface area contributed by atoms with Crippen LogP contribution >= 0.6 is 0 Å². The van der Waals surface area contributed by atoms with Crippen LogP contribution in [-0.4, -0.2) is 12.5 Å². The Morgan fingerprint density at radius 2 is 2.05 bits per heavy atom. The van der Waals surface area contributed by atoms with E-state index in [0.717, 1.165) is 23.8 Å². The summed E-state index contributed by atoms with van der Waals surface area (Å²) < 4.78 is 5.39. The number of anilines is 1. The van der Waals surface area contributed by atoms with E-state index >= 15 is 0 Å². The molecule has 102 valence electrons. The molecule has 2 fully saturated rings. The zero-order valence-electron chi connectivity index (χ0n) is 11.4. The van der Waals surface area contributed by atoms with E-state index in [2.05, 4.69) is 5.32 Å². The zero-order chi connectivity index (χ0) is 13.2. The lowest BCUT2D eigenvalue weighted by atomic mass is 9.88. The Hall–Kier alpha value is -1.51. The first-order valence-electron chi connectivity index (χ1n) is 7.30. The van der Waals surface area contributed by atoms with Gasteiger partial charge < -0.3 is 10.1 Å². The Kier molecular flexibility index (Phi) is 3.45. The predicted octanol–water partition coefficient (Wildman–Crippen LogP) is 3.46. The number of ether oxygens (including phenoxy) is 1. The summed E-state index contributed by atoms with van der Waals surface area (Å²) in [5, 5.41) is 3.04. The maximum atomic E-state index is 12.3. The summed E-state index contributed by atoms with van der Waals surface area (Å²) >= 11 is 0. The van der Waals surface area contributed by atoms with E-state index in [1.165, 1.54) is 19.3 Å². The third kappa shape index (κ3) is 2.60. The highest BCUT2D eigenvalue weighted by Gasteiger charge is 2.42. The summed E-state index contributed by atoms with van der Waals surface area (Å²) in [7, 11) is 0. The van der Waals surface area contributed by atoms with Gasteiger partial charge in [-0.1, -0.05) is 6.42 Å². The van der Waals surface area contributed by atoms with Crippen molar-refractivity contribution in [3.63, 3.8) is 0 Å². The maximum absolute atomic E-state index is 12.3. The van der Waals surface area contributed by atoms with Gasteiger partial charge in [0.1, 0.15) is 5.75 Å². The molecule has 1 aromatic carbocycles. The van der Waals surface area contributed by atoms with Crippen LogP contribution in [0.3, 0.4) is 0 Å². The fourth-order valence-corrected chi connectivity index (χ4v) is 3.60. The van der Waals surface area contributed by atoms with Gasteiger partial charge in [-0.2, -0.15) is 0 Å². The van der Waals surface area contributed by atoms with Crippen molar-refractivity contribution < 1.29 is 9.53 Å². The molecule has 0 aromatic heterocycles. The normalized spacial score (nSPS) is 28.4. The standard InChI is InChI=1S/C16H21NO2/c1-2-19-14-7-5-13(6-8-14)17-16(18)15-10-11-3-4-12(15)9-11/h5-8,11-12,15H,2-4,9-10H2,1H3,(H,17,18)/t11-,12-,15-/m1/s1. The number of hydrogen-bond donors (Lipinski definition) is 1. The SMILES string of the molecule is CCOc1ccc(NC(=O)[C@@H]2C[C@@H]3CC[C@@H]2C3)cc1. The predicted molar refractivity (Wildman–Crippen MR) is 75.2 cm³/mol. The topological polar surface area (TPSA) is 38.3 Å². The summed E-state index contributed by atoms with van der Waals surface area (Å²) in [5.74, 6) is 2.73. The third-order valence-electron chi connectivity index (χ3n) is 4.51. The second kappa shape index (κ2) is 5.24. The van der Waals surface area contributed by atoms with Crippen molar-refractivity contribution in [1.29, 1.82) is 0 Å². The number of fused-ring (bicyclic) bond motifs is 2. The van der Waals surface area contributed by atoms with Gasteiger partial charge in [-0.05, 0) is 62.3 Å². The number of benzene rings is 1. The minimum atomic E-state index is 0.205. The second-order valence-electron chi connectivity index (χ2n) is 5.73. The molecule has 1 N–H and O–H groups in total. The van der Waals surface area contributed by atoms with E-state index in [1.54, 1.807) is 0 Å². The molecule has 2 bridgehead atoms. The highest BCUT2D eigenvalue weighted by molar-refractivity contribution is 5.93. The molecule has 0 heterocycles. The van der Waals surface area contributed by atoms with Crippen molar-refractivity contribution in [3.8, 4) is 5.75 Å². The van der Waals surface area contributed by atoms with Crippen molar-refractivity contribution in [3.05, 3.63) is 24.3 Å². The van der Waals surface area contributed by atoms with Crippen LogP contribution in [0.25, 0.3) is 0 Å². The summed E-state index contributed by atoms with van der Waals surface area (Å²) in [6.45, 7) is 2.63. The van der Waals surface area contributed by atoms with Crippen LogP contribution < -0.4 is 10.1 Å². The minimum Gasteiger partial charge on any atom is -0.494 e. The molecule has 2 saturated carbocycles. The van der Waals surface area contributed by atoms with Crippen molar-refractivity contribution >= 4 is 11.6 Å². The summed E-state index contributed by atoms with van der Waals surface area (Å²) in [5.41, 5.74) is 0.872. The van der Waals surface area contributed by atoms with Gasteiger partial charge in [0.05, 0.1) is 6.61 Å². The molecule has 0 unspecified atom stereocenters. The first-order valence-corrected chi connectivity index (χ1v) is 7.30. The first-order chi connectivity index (χ1) is 9.26. The third-order valence-corrected chi connectivity index (χ3v) is 4.51. The molecule has 1 aromatic rings. The van der Waals surface area contributed by atoms with Gasteiger partial charge in [-0.3, -0.25) is 4.79 Å². The fourth-order valence-electron chi connectivity index (χ4n) is 3.60. The van der Waals surface area contributed by atoms with Gasteiger partial charge in [0, 0.05) is 11.6 Å². The van der Waals surface area contributed by atoms with Gasteiger partial charge in [0.25, 0.3) is 0 Å². The molecule has 2 aliphatic rings. The van der Waals surface area contributed by atoms with E-state index in [-0.39, 0.29) is 11.8 Å². The Morgan fingerprint density at radius 1 is 1.26 bits per heavy atom. The second-order valence-corrected chi connectivity index (χ2v) is 5.73. The molecule has 2 aliphatic carbocycles. The first kappa shape index (κ1) is 12.5. The van der Waals surface area contributed by atoms with Crippen molar-refractivity contribution in [1.82, 2.24) is 0 Å². The maximum Gasteiger partial charge on any atom is 0.227 e. The van der Waals surface area contributed by atoms with E-state index in [1.807, 2.05) is 31.2 Å². The highest BCUT2D eigenvalue weighted by Crippen LogP contribution is 2.48. The molecule has 19 heavy (non-hydrogen) atoms. The van der Waals surface area contributed by atoms with E-state index in [4.69, 9.17) is 4.74 Å². The van der Waals surface area contributed by atoms with Crippen molar-refractivity contribution in [2.75, 3.05) is 11.9 Å². The average Bonchev–Trinajstić information content (AvgIpc) is 3.04. The van der Waals surface area contributed by atoms with Crippen LogP contribution in [0.15, 0.2) is 24.3 Å². The van der Waals surface area contributed by atoms with Crippen LogP contribution in [-0.2, 0) is 4.79 Å². The Balaban J connectivity index is 1.60. The molecular weight excluding hydrogens is 238 g/mol. The molecule has 0 spiro atoms. The number of carbonyl (C=O) groups excluding carboxylic acids is 1. The van der Waals surface area contributed by atoms with E-state index < -0.39 is 0 Å². The lowest BCUT2D eigenvalue weighted by Crippen LogP contribution is -2.27. The largest absolute Gasteiger partial charge is 0.494 e. The molecule has 0 saturated heterocycles. The average molecular weight is 259 g/mol. The van der Waals surface area contributed by atoms with Crippen LogP contribution in [0.5, 0.6) is 5.75 Å². The molecule has 3 nitrogen and oxygen atoms in total. The lowest BCUT2D eigenvalue weighted by molar-refractivity contribution is -0.121.